The standard InChI is InChI=1S/C15H18ClF2N5O3/c1-14(2,3)26-13(25)23-8(5-24)4-15(17,18)12(23)22-7-21-9-10(16)19-6-20-11(9)22/h6-8,12,24H,4-5H2,1-3H3/t8-,12-/m0/s1. The molecule has 3 heterocycles. The van der Waals surface area contributed by atoms with Gasteiger partial charge in [-0.15, -0.1) is 0 Å². The molecule has 1 saturated heterocycles. The topological polar surface area (TPSA) is 93.4 Å². The first-order valence-electron chi connectivity index (χ1n) is 7.88. The molecule has 0 spiro atoms. The van der Waals surface area contributed by atoms with Crippen molar-refractivity contribution >= 4 is 28.9 Å². The van der Waals surface area contributed by atoms with Gasteiger partial charge in [-0.3, -0.25) is 9.47 Å². The number of likely N-dealkylation sites (tertiary alicyclic amines) is 1. The second-order valence-corrected chi connectivity index (χ2v) is 7.41. The molecule has 1 amide bonds. The van der Waals surface area contributed by atoms with Crippen molar-refractivity contribution < 1.29 is 23.4 Å². The summed E-state index contributed by atoms with van der Waals surface area (Å²) in [6.45, 7) is 4.25. The Morgan fingerprint density at radius 3 is 2.73 bits per heavy atom. The maximum Gasteiger partial charge on any atom is 0.412 e. The zero-order valence-corrected chi connectivity index (χ0v) is 15.1. The van der Waals surface area contributed by atoms with E-state index in [-0.39, 0.29) is 16.3 Å². The van der Waals surface area contributed by atoms with Crippen LogP contribution in [0.4, 0.5) is 13.6 Å². The van der Waals surface area contributed by atoms with Gasteiger partial charge in [0.1, 0.15) is 17.4 Å². The number of carbonyl (C=O) groups is 1. The number of rotatable bonds is 2. The molecule has 0 bridgehead atoms. The van der Waals surface area contributed by atoms with E-state index in [0.717, 1.165) is 22.1 Å². The monoisotopic (exact) mass is 389 g/mol. The van der Waals surface area contributed by atoms with Gasteiger partial charge >= 0.3 is 6.09 Å². The molecule has 2 atom stereocenters. The van der Waals surface area contributed by atoms with Crippen LogP contribution in [0.15, 0.2) is 12.7 Å². The molecule has 0 saturated carbocycles. The fourth-order valence-corrected chi connectivity index (χ4v) is 3.15. The van der Waals surface area contributed by atoms with Gasteiger partial charge in [-0.2, -0.15) is 0 Å². The molecule has 0 aliphatic carbocycles. The second kappa shape index (κ2) is 6.27. The molecule has 0 radical (unpaired) electrons. The van der Waals surface area contributed by atoms with Gasteiger partial charge in [0, 0.05) is 6.42 Å². The summed E-state index contributed by atoms with van der Waals surface area (Å²) in [6.07, 6.45) is -1.18. The van der Waals surface area contributed by atoms with Crippen LogP contribution in [0, 0.1) is 0 Å². The minimum Gasteiger partial charge on any atom is -0.444 e. The Labute approximate surface area is 152 Å². The third-order valence-corrected chi connectivity index (χ3v) is 4.21. The highest BCUT2D eigenvalue weighted by atomic mass is 35.5. The number of amides is 1. The Morgan fingerprint density at radius 1 is 1.42 bits per heavy atom. The van der Waals surface area contributed by atoms with Gasteiger partial charge in [0.25, 0.3) is 5.92 Å². The van der Waals surface area contributed by atoms with E-state index >= 15 is 0 Å². The van der Waals surface area contributed by atoms with Crippen LogP contribution in [-0.4, -0.2) is 59.8 Å². The van der Waals surface area contributed by atoms with Crippen molar-refractivity contribution in [2.45, 2.75) is 50.9 Å². The molecule has 1 fully saturated rings. The van der Waals surface area contributed by atoms with Crippen molar-refractivity contribution in [1.82, 2.24) is 24.4 Å². The third-order valence-electron chi connectivity index (χ3n) is 3.94. The number of hydrogen-bond donors (Lipinski definition) is 1. The average molecular weight is 390 g/mol. The lowest BCUT2D eigenvalue weighted by molar-refractivity contribution is -0.0680. The Kier molecular flexibility index (Phi) is 4.51. The smallest absolute Gasteiger partial charge is 0.412 e. The van der Waals surface area contributed by atoms with Crippen molar-refractivity contribution in [2.75, 3.05) is 6.61 Å². The van der Waals surface area contributed by atoms with E-state index in [1.807, 2.05) is 0 Å². The summed E-state index contributed by atoms with van der Waals surface area (Å²) in [7, 11) is 0. The van der Waals surface area contributed by atoms with Crippen LogP contribution in [0.3, 0.4) is 0 Å². The number of hydrogen-bond acceptors (Lipinski definition) is 6. The first kappa shape index (κ1) is 18.7. The maximum absolute atomic E-state index is 14.8. The Hall–Kier alpha value is -2.07. The third kappa shape index (κ3) is 3.18. The summed E-state index contributed by atoms with van der Waals surface area (Å²) in [5.41, 5.74) is -0.689. The summed E-state index contributed by atoms with van der Waals surface area (Å²) in [5.74, 6) is -3.34. The van der Waals surface area contributed by atoms with Crippen LogP contribution >= 0.6 is 11.6 Å². The van der Waals surface area contributed by atoms with Gasteiger partial charge in [0.05, 0.1) is 19.0 Å². The number of halogens is 3. The van der Waals surface area contributed by atoms with Gasteiger partial charge in [-0.25, -0.2) is 28.5 Å². The molecule has 0 unspecified atom stereocenters. The predicted molar refractivity (Wildman–Crippen MR) is 87.9 cm³/mol. The molecule has 2 aromatic heterocycles. The van der Waals surface area contributed by atoms with Gasteiger partial charge in [-0.1, -0.05) is 11.6 Å². The van der Waals surface area contributed by atoms with E-state index in [2.05, 4.69) is 15.0 Å². The van der Waals surface area contributed by atoms with Crippen LogP contribution < -0.4 is 0 Å². The predicted octanol–water partition coefficient (Wildman–Crippen LogP) is 2.62. The second-order valence-electron chi connectivity index (χ2n) is 7.05. The highest BCUT2D eigenvalue weighted by Gasteiger charge is 2.58. The molecule has 1 N–H and O–H groups in total. The normalized spacial score (nSPS) is 22.8. The van der Waals surface area contributed by atoms with E-state index in [0.29, 0.717) is 0 Å². The summed E-state index contributed by atoms with van der Waals surface area (Å²) in [5, 5.41) is 9.55. The average Bonchev–Trinajstić information content (AvgIpc) is 3.04. The quantitative estimate of drug-likeness (QED) is 0.793. The molecule has 142 valence electrons. The Morgan fingerprint density at radius 2 is 2.12 bits per heavy atom. The minimum absolute atomic E-state index is 0.0117. The molecule has 11 heteroatoms. The van der Waals surface area contributed by atoms with E-state index in [9.17, 15) is 18.7 Å². The van der Waals surface area contributed by atoms with Gasteiger partial charge in [0.2, 0.25) is 0 Å². The number of imidazole rings is 1. The summed E-state index contributed by atoms with van der Waals surface area (Å²) in [6, 6.07) is -1.11. The number of ether oxygens (including phenoxy) is 1. The highest BCUT2D eigenvalue weighted by molar-refractivity contribution is 6.33. The molecular formula is C15H18ClF2N5O3. The lowest BCUT2D eigenvalue weighted by Gasteiger charge is -2.33. The number of aromatic nitrogens is 4. The van der Waals surface area contributed by atoms with Crippen molar-refractivity contribution in [2.24, 2.45) is 0 Å². The number of fused-ring (bicyclic) bond motifs is 1. The summed E-state index contributed by atoms with van der Waals surface area (Å²) < 4.78 is 35.9. The molecule has 1 aliphatic rings. The number of aliphatic hydroxyl groups excluding tert-OH is 1. The van der Waals surface area contributed by atoms with E-state index in [4.69, 9.17) is 16.3 Å². The lowest BCUT2D eigenvalue weighted by Crippen LogP contribution is -2.45. The van der Waals surface area contributed by atoms with Crippen LogP contribution in [0.2, 0.25) is 5.15 Å². The highest BCUT2D eigenvalue weighted by Crippen LogP contribution is 2.46. The zero-order chi connectivity index (χ0) is 19.3. The van der Waals surface area contributed by atoms with Crippen molar-refractivity contribution in [1.29, 1.82) is 0 Å². The maximum atomic E-state index is 14.8. The van der Waals surface area contributed by atoms with Gasteiger partial charge in [0.15, 0.2) is 17.0 Å². The summed E-state index contributed by atoms with van der Waals surface area (Å²) in [4.78, 5) is 25.1. The molecule has 2 aromatic rings. The van der Waals surface area contributed by atoms with E-state index < -0.39 is 42.9 Å². The molecule has 26 heavy (non-hydrogen) atoms. The number of alkyl halides is 2. The van der Waals surface area contributed by atoms with Crippen LogP contribution in [0.5, 0.6) is 0 Å². The van der Waals surface area contributed by atoms with Gasteiger partial charge in [-0.05, 0) is 20.8 Å². The number of carbonyl (C=O) groups excluding carboxylic acids is 1. The molecule has 1 aliphatic heterocycles. The first-order chi connectivity index (χ1) is 12.0. The molecule has 8 nitrogen and oxygen atoms in total. The number of nitrogens with zero attached hydrogens (tertiary/aromatic N) is 5. The van der Waals surface area contributed by atoms with Crippen molar-refractivity contribution in [3.05, 3.63) is 17.8 Å². The van der Waals surface area contributed by atoms with E-state index in [1.54, 1.807) is 20.8 Å². The van der Waals surface area contributed by atoms with Crippen molar-refractivity contribution in [3.8, 4) is 0 Å². The fraction of sp³-hybridized carbons (Fsp3) is 0.600. The fourth-order valence-electron chi connectivity index (χ4n) is 2.98. The van der Waals surface area contributed by atoms with E-state index in [1.165, 1.54) is 0 Å². The zero-order valence-electron chi connectivity index (χ0n) is 14.4. The first-order valence-corrected chi connectivity index (χ1v) is 8.26. The SMILES string of the molecule is CC(C)(C)OC(=O)N1[C@H](CO)CC(F)(F)[C@H]1n1cnc2c(Cl)ncnc21. The van der Waals surface area contributed by atoms with Crippen LogP contribution in [0.25, 0.3) is 11.2 Å². The van der Waals surface area contributed by atoms with Gasteiger partial charge < -0.3 is 9.84 Å². The van der Waals surface area contributed by atoms with Crippen LogP contribution in [0.1, 0.15) is 33.4 Å². The summed E-state index contributed by atoms with van der Waals surface area (Å²) >= 11 is 5.93. The largest absolute Gasteiger partial charge is 0.444 e. The molecule has 0 aromatic carbocycles. The van der Waals surface area contributed by atoms with Crippen LogP contribution in [-0.2, 0) is 4.74 Å². The Bertz CT molecular complexity index is 838. The molecular weight excluding hydrogens is 372 g/mol. The Balaban J connectivity index is 2.11. The molecule has 3 rings (SSSR count). The lowest BCUT2D eigenvalue weighted by atomic mass is 10.2. The minimum atomic E-state index is -3.34. The van der Waals surface area contributed by atoms with Crippen molar-refractivity contribution in [3.63, 3.8) is 0 Å². The number of aliphatic hydroxyl groups is 1.